The zero-order valence-electron chi connectivity index (χ0n) is 10.2. The van der Waals surface area contributed by atoms with Crippen LogP contribution in [0, 0.1) is 0 Å². The van der Waals surface area contributed by atoms with Crippen molar-refractivity contribution in [3.63, 3.8) is 0 Å². The first-order valence-corrected chi connectivity index (χ1v) is 6.99. The summed E-state index contributed by atoms with van der Waals surface area (Å²) in [6.07, 6.45) is 4.13. The molecule has 1 aromatic rings. The molecule has 0 atom stereocenters. The molecule has 0 spiro atoms. The Labute approximate surface area is 99.7 Å². The van der Waals surface area contributed by atoms with E-state index in [0.717, 1.165) is 0 Å². The van der Waals surface area contributed by atoms with Gasteiger partial charge in [0.1, 0.15) is 0 Å². The Bertz CT molecular complexity index is 330. The van der Waals surface area contributed by atoms with E-state index in [4.69, 9.17) is 8.85 Å². The third kappa shape index (κ3) is 3.59. The van der Waals surface area contributed by atoms with Crippen LogP contribution < -0.4 is 5.19 Å². The van der Waals surface area contributed by atoms with Crippen LogP contribution in [-0.4, -0.2) is 22.5 Å². The Morgan fingerprint density at radius 2 is 1.75 bits per heavy atom. The van der Waals surface area contributed by atoms with Crippen molar-refractivity contribution in [2.75, 3.05) is 13.2 Å². The van der Waals surface area contributed by atoms with Crippen molar-refractivity contribution < 1.29 is 8.85 Å². The summed E-state index contributed by atoms with van der Waals surface area (Å²) in [7, 11) is -1.33. The molecule has 0 fully saturated rings. The highest BCUT2D eigenvalue weighted by atomic mass is 28.3. The van der Waals surface area contributed by atoms with Crippen molar-refractivity contribution in [3.05, 3.63) is 35.9 Å². The van der Waals surface area contributed by atoms with Gasteiger partial charge in [-0.2, -0.15) is 0 Å². The second-order valence-corrected chi connectivity index (χ2v) is 4.93. The van der Waals surface area contributed by atoms with Gasteiger partial charge in [-0.3, -0.25) is 0 Å². The predicted molar refractivity (Wildman–Crippen MR) is 69.8 cm³/mol. The van der Waals surface area contributed by atoms with E-state index >= 15 is 0 Å². The average Bonchev–Trinajstić information content (AvgIpc) is 2.30. The second-order valence-electron chi connectivity index (χ2n) is 3.24. The topological polar surface area (TPSA) is 18.5 Å². The second kappa shape index (κ2) is 7.38. The maximum absolute atomic E-state index is 5.70. The molecule has 0 aromatic heterocycles. The van der Waals surface area contributed by atoms with Gasteiger partial charge in [0, 0.05) is 18.4 Å². The minimum absolute atomic E-state index is 0.693. The first-order valence-electron chi connectivity index (χ1n) is 5.68. The highest BCUT2D eigenvalue weighted by Crippen LogP contribution is 2.03. The minimum Gasteiger partial charge on any atom is -0.390 e. The van der Waals surface area contributed by atoms with Gasteiger partial charge in [-0.05, 0) is 26.3 Å². The highest BCUT2D eigenvalue weighted by molar-refractivity contribution is 6.62. The standard InChI is InChI=1S/C13H19O2Si/c1-4-9-12-10-7-8-11-13(12)16(14-5-2)15-6-3/h4,7-11H,5-6H2,1-3H3. The molecule has 0 amide bonds. The lowest BCUT2D eigenvalue weighted by atomic mass is 10.2. The molecular weight excluding hydrogens is 216 g/mol. The molecule has 0 bridgehead atoms. The third-order valence-electron chi connectivity index (χ3n) is 2.08. The third-order valence-corrected chi connectivity index (χ3v) is 4.07. The summed E-state index contributed by atoms with van der Waals surface area (Å²) in [4.78, 5) is 0. The van der Waals surface area contributed by atoms with E-state index in [1.165, 1.54) is 10.8 Å². The van der Waals surface area contributed by atoms with Gasteiger partial charge in [-0.15, -0.1) is 0 Å². The summed E-state index contributed by atoms with van der Waals surface area (Å²) in [5, 5.41) is 1.19. The van der Waals surface area contributed by atoms with Gasteiger partial charge in [0.2, 0.25) is 0 Å². The quantitative estimate of drug-likeness (QED) is 0.705. The predicted octanol–water partition coefficient (Wildman–Crippen LogP) is 2.49. The highest BCUT2D eigenvalue weighted by Gasteiger charge is 2.20. The summed E-state index contributed by atoms with van der Waals surface area (Å²) in [6.45, 7) is 7.41. The monoisotopic (exact) mass is 235 g/mol. The Morgan fingerprint density at radius 1 is 1.12 bits per heavy atom. The van der Waals surface area contributed by atoms with Crippen LogP contribution in [0.2, 0.25) is 0 Å². The molecular formula is C13H19O2Si. The van der Waals surface area contributed by atoms with E-state index in [2.05, 4.69) is 18.2 Å². The Balaban J connectivity index is 2.97. The van der Waals surface area contributed by atoms with Crippen LogP contribution in [0.3, 0.4) is 0 Å². The maximum atomic E-state index is 5.70. The van der Waals surface area contributed by atoms with E-state index in [9.17, 15) is 0 Å². The lowest BCUT2D eigenvalue weighted by Gasteiger charge is -2.15. The average molecular weight is 235 g/mol. The van der Waals surface area contributed by atoms with Crippen LogP contribution in [0.1, 0.15) is 26.3 Å². The van der Waals surface area contributed by atoms with Crippen molar-refractivity contribution in [3.8, 4) is 0 Å². The Hall–Kier alpha value is -0.903. The summed E-state index contributed by atoms with van der Waals surface area (Å²) < 4.78 is 11.4. The summed E-state index contributed by atoms with van der Waals surface area (Å²) in [6, 6.07) is 8.26. The molecule has 0 aliphatic carbocycles. The Morgan fingerprint density at radius 3 is 2.31 bits per heavy atom. The van der Waals surface area contributed by atoms with Crippen molar-refractivity contribution in [2.24, 2.45) is 0 Å². The SMILES string of the molecule is CC=Cc1ccccc1[Si](OCC)OCC. The van der Waals surface area contributed by atoms with Crippen molar-refractivity contribution >= 4 is 20.5 Å². The van der Waals surface area contributed by atoms with Crippen LogP contribution in [0.5, 0.6) is 0 Å². The normalized spacial score (nSPS) is 11.5. The lowest BCUT2D eigenvalue weighted by Crippen LogP contribution is -2.38. The molecule has 0 unspecified atom stereocenters. The number of hydrogen-bond donors (Lipinski definition) is 0. The molecule has 0 N–H and O–H groups in total. The van der Waals surface area contributed by atoms with E-state index in [0.29, 0.717) is 13.2 Å². The van der Waals surface area contributed by atoms with Gasteiger partial charge in [0.05, 0.1) is 0 Å². The zero-order chi connectivity index (χ0) is 11.8. The van der Waals surface area contributed by atoms with Crippen molar-refractivity contribution in [2.45, 2.75) is 20.8 Å². The maximum Gasteiger partial charge on any atom is 0.424 e. The van der Waals surface area contributed by atoms with Gasteiger partial charge in [0.15, 0.2) is 0 Å². The molecule has 0 aliphatic heterocycles. The summed E-state index contributed by atoms with van der Waals surface area (Å²) in [5.74, 6) is 0. The molecule has 2 nitrogen and oxygen atoms in total. The van der Waals surface area contributed by atoms with Crippen molar-refractivity contribution in [1.29, 1.82) is 0 Å². The van der Waals surface area contributed by atoms with Crippen LogP contribution in [0.4, 0.5) is 0 Å². The largest absolute Gasteiger partial charge is 0.424 e. The van der Waals surface area contributed by atoms with Gasteiger partial charge in [0.25, 0.3) is 0 Å². The van der Waals surface area contributed by atoms with Gasteiger partial charge in [-0.1, -0.05) is 36.4 Å². The molecule has 1 rings (SSSR count). The first-order chi connectivity index (χ1) is 7.83. The first kappa shape index (κ1) is 13.2. The molecule has 1 aromatic carbocycles. The number of rotatable bonds is 6. The van der Waals surface area contributed by atoms with Crippen LogP contribution in [0.25, 0.3) is 6.08 Å². The number of allylic oxidation sites excluding steroid dienone is 1. The summed E-state index contributed by atoms with van der Waals surface area (Å²) in [5.41, 5.74) is 1.20. The van der Waals surface area contributed by atoms with E-state index in [-0.39, 0.29) is 0 Å². The molecule has 0 aliphatic rings. The van der Waals surface area contributed by atoms with Gasteiger partial charge < -0.3 is 8.85 Å². The van der Waals surface area contributed by atoms with E-state index in [1.54, 1.807) is 0 Å². The molecule has 0 saturated carbocycles. The van der Waals surface area contributed by atoms with Crippen LogP contribution >= 0.6 is 0 Å². The van der Waals surface area contributed by atoms with E-state index in [1.807, 2.05) is 39.0 Å². The fourth-order valence-electron chi connectivity index (χ4n) is 1.47. The fraction of sp³-hybridized carbons (Fsp3) is 0.385. The number of hydrogen-bond acceptors (Lipinski definition) is 2. The molecule has 0 heterocycles. The van der Waals surface area contributed by atoms with Crippen LogP contribution in [-0.2, 0) is 8.85 Å². The van der Waals surface area contributed by atoms with E-state index < -0.39 is 9.28 Å². The molecule has 1 radical (unpaired) electrons. The molecule has 16 heavy (non-hydrogen) atoms. The fourth-order valence-corrected chi connectivity index (χ4v) is 3.02. The number of benzene rings is 1. The smallest absolute Gasteiger partial charge is 0.390 e. The lowest BCUT2D eigenvalue weighted by molar-refractivity contribution is 0.225. The minimum atomic E-state index is -1.33. The van der Waals surface area contributed by atoms with Gasteiger partial charge >= 0.3 is 9.28 Å². The molecule has 87 valence electrons. The zero-order valence-corrected chi connectivity index (χ0v) is 11.2. The molecule has 0 saturated heterocycles. The van der Waals surface area contributed by atoms with Crippen LogP contribution in [0.15, 0.2) is 30.3 Å². The Kier molecular flexibility index (Phi) is 6.07. The van der Waals surface area contributed by atoms with Crippen molar-refractivity contribution in [1.82, 2.24) is 0 Å². The molecule has 3 heteroatoms. The summed E-state index contributed by atoms with van der Waals surface area (Å²) >= 11 is 0. The van der Waals surface area contributed by atoms with Gasteiger partial charge in [-0.25, -0.2) is 0 Å².